The van der Waals surface area contributed by atoms with Crippen molar-refractivity contribution in [2.75, 3.05) is 13.7 Å². The van der Waals surface area contributed by atoms with E-state index in [4.69, 9.17) is 9.47 Å². The van der Waals surface area contributed by atoms with Crippen LogP contribution in [0.2, 0.25) is 0 Å². The lowest BCUT2D eigenvalue weighted by atomic mass is 10.3. The Hall–Kier alpha value is -1.25. The zero-order valence-corrected chi connectivity index (χ0v) is 8.40. The van der Waals surface area contributed by atoms with Gasteiger partial charge in [-0.1, -0.05) is 12.8 Å². The molecule has 0 unspecified atom stereocenters. The van der Waals surface area contributed by atoms with Crippen molar-refractivity contribution in [3.05, 3.63) is 18.3 Å². The lowest BCUT2D eigenvalue weighted by molar-refractivity contribution is 0.290. The van der Waals surface area contributed by atoms with Crippen molar-refractivity contribution in [3.8, 4) is 11.6 Å². The topological polar surface area (TPSA) is 31.4 Å². The van der Waals surface area contributed by atoms with Crippen molar-refractivity contribution >= 4 is 0 Å². The molecular formula is C11H15NO2. The summed E-state index contributed by atoms with van der Waals surface area (Å²) in [6, 6.07) is 3.70. The number of methoxy groups -OCH3 is 1. The Balaban J connectivity index is 1.77. The lowest BCUT2D eigenvalue weighted by Gasteiger charge is -2.04. The third-order valence-electron chi connectivity index (χ3n) is 2.42. The summed E-state index contributed by atoms with van der Waals surface area (Å²) in [5.41, 5.74) is 0. The highest BCUT2D eigenvalue weighted by atomic mass is 16.5. The van der Waals surface area contributed by atoms with Crippen LogP contribution in [0.15, 0.2) is 18.3 Å². The highest BCUT2D eigenvalue weighted by molar-refractivity contribution is 5.22. The number of rotatable bonds is 5. The summed E-state index contributed by atoms with van der Waals surface area (Å²) in [5, 5.41) is 0. The number of aromatic nitrogens is 1. The van der Waals surface area contributed by atoms with Gasteiger partial charge >= 0.3 is 0 Å². The van der Waals surface area contributed by atoms with Crippen LogP contribution in [-0.4, -0.2) is 18.7 Å². The first kappa shape index (κ1) is 9.31. The molecule has 2 rings (SSSR count). The molecule has 76 valence electrons. The van der Waals surface area contributed by atoms with E-state index < -0.39 is 0 Å². The fraction of sp³-hybridized carbons (Fsp3) is 0.545. The number of hydrogen-bond acceptors (Lipinski definition) is 3. The third kappa shape index (κ3) is 2.62. The van der Waals surface area contributed by atoms with Gasteiger partial charge in [0.2, 0.25) is 5.88 Å². The van der Waals surface area contributed by atoms with Gasteiger partial charge < -0.3 is 9.47 Å². The van der Waals surface area contributed by atoms with Gasteiger partial charge in [0.25, 0.3) is 0 Å². The van der Waals surface area contributed by atoms with Crippen LogP contribution in [0, 0.1) is 5.92 Å². The van der Waals surface area contributed by atoms with E-state index in [1.807, 2.05) is 12.1 Å². The van der Waals surface area contributed by atoms with Crippen molar-refractivity contribution in [3.63, 3.8) is 0 Å². The predicted molar refractivity (Wildman–Crippen MR) is 53.6 cm³/mol. The molecule has 0 aliphatic heterocycles. The molecule has 1 aliphatic rings. The summed E-state index contributed by atoms with van der Waals surface area (Å²) < 4.78 is 10.5. The van der Waals surface area contributed by atoms with Gasteiger partial charge in [-0.2, -0.15) is 0 Å². The molecule has 0 radical (unpaired) electrons. The average Bonchev–Trinajstić information content (AvgIpc) is 3.03. The Kier molecular flexibility index (Phi) is 2.87. The highest BCUT2D eigenvalue weighted by Gasteiger charge is 2.20. The minimum absolute atomic E-state index is 0.687. The first-order valence-corrected chi connectivity index (χ1v) is 5.01. The second kappa shape index (κ2) is 4.31. The molecule has 1 saturated carbocycles. The molecule has 0 N–H and O–H groups in total. The van der Waals surface area contributed by atoms with E-state index in [0.29, 0.717) is 5.88 Å². The van der Waals surface area contributed by atoms with Crippen LogP contribution in [0.25, 0.3) is 0 Å². The first-order valence-electron chi connectivity index (χ1n) is 5.01. The van der Waals surface area contributed by atoms with Crippen LogP contribution >= 0.6 is 0 Å². The quantitative estimate of drug-likeness (QED) is 0.718. The van der Waals surface area contributed by atoms with Crippen molar-refractivity contribution < 1.29 is 9.47 Å². The summed E-state index contributed by atoms with van der Waals surface area (Å²) in [5.74, 6) is 2.36. The van der Waals surface area contributed by atoms with Gasteiger partial charge in [-0.25, -0.2) is 4.98 Å². The Morgan fingerprint density at radius 1 is 1.43 bits per heavy atom. The molecule has 3 heteroatoms. The molecule has 1 heterocycles. The van der Waals surface area contributed by atoms with E-state index in [1.54, 1.807) is 13.3 Å². The largest absolute Gasteiger partial charge is 0.495 e. The normalized spacial score (nSPS) is 15.2. The lowest BCUT2D eigenvalue weighted by Crippen LogP contribution is -1.99. The number of nitrogens with zero attached hydrogens (tertiary/aromatic N) is 1. The van der Waals surface area contributed by atoms with Gasteiger partial charge in [-0.15, -0.1) is 0 Å². The molecular weight excluding hydrogens is 178 g/mol. The predicted octanol–water partition coefficient (Wildman–Crippen LogP) is 2.27. The monoisotopic (exact) mass is 193 g/mol. The number of ether oxygens (including phenoxy) is 2. The van der Waals surface area contributed by atoms with Crippen molar-refractivity contribution in [1.82, 2.24) is 4.98 Å². The molecule has 0 saturated heterocycles. The van der Waals surface area contributed by atoms with Gasteiger partial charge in [0.15, 0.2) is 0 Å². The van der Waals surface area contributed by atoms with E-state index >= 15 is 0 Å². The minimum atomic E-state index is 0.687. The van der Waals surface area contributed by atoms with Crippen LogP contribution in [-0.2, 0) is 0 Å². The molecule has 14 heavy (non-hydrogen) atoms. The molecule has 1 aliphatic carbocycles. The number of hydrogen-bond donors (Lipinski definition) is 0. The highest BCUT2D eigenvalue weighted by Crippen LogP contribution is 2.32. The summed E-state index contributed by atoms with van der Waals surface area (Å²) in [7, 11) is 1.63. The fourth-order valence-electron chi connectivity index (χ4n) is 1.31. The molecule has 0 bridgehead atoms. The SMILES string of the molecule is COc1ccc(OCCC2CC2)nc1. The summed E-state index contributed by atoms with van der Waals surface area (Å²) in [4.78, 5) is 4.12. The van der Waals surface area contributed by atoms with Crippen LogP contribution in [0.3, 0.4) is 0 Å². The van der Waals surface area contributed by atoms with E-state index in [9.17, 15) is 0 Å². The summed E-state index contributed by atoms with van der Waals surface area (Å²) in [6.45, 7) is 0.782. The maximum Gasteiger partial charge on any atom is 0.213 e. The van der Waals surface area contributed by atoms with Gasteiger partial charge in [-0.05, 0) is 18.4 Å². The van der Waals surface area contributed by atoms with Crippen LogP contribution in [0.1, 0.15) is 19.3 Å². The second-order valence-corrected chi connectivity index (χ2v) is 3.62. The van der Waals surface area contributed by atoms with Crippen LogP contribution in [0.4, 0.5) is 0 Å². The molecule has 1 aromatic rings. The zero-order chi connectivity index (χ0) is 9.80. The first-order chi connectivity index (χ1) is 6.88. The van der Waals surface area contributed by atoms with E-state index in [-0.39, 0.29) is 0 Å². The summed E-state index contributed by atoms with van der Waals surface area (Å²) >= 11 is 0. The van der Waals surface area contributed by atoms with Crippen molar-refractivity contribution in [2.24, 2.45) is 5.92 Å². The maximum atomic E-state index is 5.49. The van der Waals surface area contributed by atoms with Crippen molar-refractivity contribution in [2.45, 2.75) is 19.3 Å². The van der Waals surface area contributed by atoms with E-state index in [2.05, 4.69) is 4.98 Å². The molecule has 0 atom stereocenters. The molecule has 0 amide bonds. The van der Waals surface area contributed by atoms with Crippen molar-refractivity contribution in [1.29, 1.82) is 0 Å². The smallest absolute Gasteiger partial charge is 0.213 e. The Labute approximate surface area is 84.1 Å². The Morgan fingerprint density at radius 2 is 2.29 bits per heavy atom. The Bertz CT molecular complexity index is 280. The third-order valence-corrected chi connectivity index (χ3v) is 2.42. The standard InChI is InChI=1S/C11H15NO2/c1-13-10-4-5-11(12-8-10)14-7-6-9-2-3-9/h4-5,8-9H,2-3,6-7H2,1H3. The van der Waals surface area contributed by atoms with Gasteiger partial charge in [0, 0.05) is 6.07 Å². The zero-order valence-electron chi connectivity index (χ0n) is 8.40. The molecule has 1 aromatic heterocycles. The fourth-order valence-corrected chi connectivity index (χ4v) is 1.31. The second-order valence-electron chi connectivity index (χ2n) is 3.62. The molecule has 1 fully saturated rings. The Morgan fingerprint density at radius 3 is 2.86 bits per heavy atom. The molecule has 0 spiro atoms. The average molecular weight is 193 g/mol. The van der Waals surface area contributed by atoms with E-state index in [0.717, 1.165) is 24.7 Å². The minimum Gasteiger partial charge on any atom is -0.495 e. The maximum absolute atomic E-state index is 5.49. The van der Waals surface area contributed by atoms with Crippen LogP contribution in [0.5, 0.6) is 11.6 Å². The van der Waals surface area contributed by atoms with E-state index in [1.165, 1.54) is 12.8 Å². The van der Waals surface area contributed by atoms with Gasteiger partial charge in [0.05, 0.1) is 19.9 Å². The molecule has 0 aromatic carbocycles. The van der Waals surface area contributed by atoms with Gasteiger partial charge in [0.1, 0.15) is 5.75 Å². The summed E-state index contributed by atoms with van der Waals surface area (Å²) in [6.07, 6.45) is 5.58. The molecule has 3 nitrogen and oxygen atoms in total. The van der Waals surface area contributed by atoms with Gasteiger partial charge in [-0.3, -0.25) is 0 Å². The number of pyridine rings is 1. The van der Waals surface area contributed by atoms with Crippen LogP contribution < -0.4 is 9.47 Å².